The van der Waals surface area contributed by atoms with Crippen LogP contribution in [0.3, 0.4) is 0 Å². The van der Waals surface area contributed by atoms with Gasteiger partial charge in [0.05, 0.1) is 0 Å². The molecule has 1 aliphatic heterocycles. The predicted molar refractivity (Wildman–Crippen MR) is 70.5 cm³/mol. The van der Waals surface area contributed by atoms with Gasteiger partial charge in [-0.15, -0.1) is 0 Å². The number of hydrogen-bond donors (Lipinski definition) is 1. The zero-order valence-electron chi connectivity index (χ0n) is 11.9. The van der Waals surface area contributed by atoms with E-state index in [1.54, 1.807) is 0 Å². The molecule has 1 saturated carbocycles. The van der Waals surface area contributed by atoms with Crippen LogP contribution in [0.4, 0.5) is 0 Å². The molecule has 94 valence electrons. The van der Waals surface area contributed by atoms with Crippen molar-refractivity contribution >= 4 is 0 Å². The molecular weight excluding hydrogens is 194 g/mol. The van der Waals surface area contributed by atoms with Crippen LogP contribution in [-0.2, 0) is 0 Å². The van der Waals surface area contributed by atoms with Gasteiger partial charge in [0.15, 0.2) is 0 Å². The van der Waals surface area contributed by atoms with Crippen LogP contribution in [0, 0.1) is 22.7 Å². The summed E-state index contributed by atoms with van der Waals surface area (Å²) in [6.45, 7) is 14.5. The summed E-state index contributed by atoms with van der Waals surface area (Å²) < 4.78 is 0. The van der Waals surface area contributed by atoms with E-state index in [4.69, 9.17) is 0 Å². The van der Waals surface area contributed by atoms with E-state index in [0.717, 1.165) is 17.9 Å². The standard InChI is InChI=1S/C15H29N/c1-14(2,3)12-10-8-7-9-11(10)16-13(12)15(4,5)6/h10-13,16H,7-9H2,1-6H3. The zero-order valence-corrected chi connectivity index (χ0v) is 11.9. The molecule has 4 atom stereocenters. The van der Waals surface area contributed by atoms with Crippen LogP contribution in [0.2, 0.25) is 0 Å². The van der Waals surface area contributed by atoms with Gasteiger partial charge in [0.25, 0.3) is 0 Å². The lowest BCUT2D eigenvalue weighted by Crippen LogP contribution is -2.45. The van der Waals surface area contributed by atoms with Gasteiger partial charge in [-0.1, -0.05) is 48.0 Å². The van der Waals surface area contributed by atoms with Crippen molar-refractivity contribution in [3.05, 3.63) is 0 Å². The maximum Gasteiger partial charge on any atom is 0.0155 e. The Kier molecular flexibility index (Phi) is 2.89. The lowest BCUT2D eigenvalue weighted by Gasteiger charge is -2.41. The maximum atomic E-state index is 3.95. The molecule has 2 rings (SSSR count). The topological polar surface area (TPSA) is 12.0 Å². The molecule has 0 amide bonds. The minimum absolute atomic E-state index is 0.391. The lowest BCUT2D eigenvalue weighted by atomic mass is 9.65. The van der Waals surface area contributed by atoms with Gasteiger partial charge in [-0.25, -0.2) is 0 Å². The van der Waals surface area contributed by atoms with Crippen molar-refractivity contribution in [2.24, 2.45) is 22.7 Å². The highest BCUT2D eigenvalue weighted by molar-refractivity contribution is 5.07. The highest BCUT2D eigenvalue weighted by atomic mass is 15.0. The van der Waals surface area contributed by atoms with Gasteiger partial charge in [-0.05, 0) is 35.5 Å². The van der Waals surface area contributed by atoms with Crippen molar-refractivity contribution < 1.29 is 0 Å². The Balaban J connectivity index is 2.27. The Hall–Kier alpha value is -0.0400. The molecule has 1 N–H and O–H groups in total. The van der Waals surface area contributed by atoms with E-state index < -0.39 is 0 Å². The first-order valence-corrected chi connectivity index (χ1v) is 6.97. The molecule has 0 aromatic carbocycles. The summed E-state index contributed by atoms with van der Waals surface area (Å²) in [5.41, 5.74) is 0.830. The van der Waals surface area contributed by atoms with Crippen LogP contribution in [0.1, 0.15) is 60.8 Å². The summed E-state index contributed by atoms with van der Waals surface area (Å²) in [5, 5.41) is 3.95. The molecule has 4 unspecified atom stereocenters. The molecule has 0 aromatic rings. The minimum Gasteiger partial charge on any atom is -0.310 e. The van der Waals surface area contributed by atoms with E-state index in [-0.39, 0.29) is 0 Å². The van der Waals surface area contributed by atoms with E-state index >= 15 is 0 Å². The van der Waals surface area contributed by atoms with E-state index in [9.17, 15) is 0 Å². The fourth-order valence-electron chi connectivity index (χ4n) is 4.14. The zero-order chi connectivity index (χ0) is 12.1. The molecule has 0 bridgehead atoms. The normalized spacial score (nSPS) is 40.1. The molecule has 2 aliphatic rings. The minimum atomic E-state index is 0.391. The van der Waals surface area contributed by atoms with Crippen molar-refractivity contribution in [3.8, 4) is 0 Å². The summed E-state index contributed by atoms with van der Waals surface area (Å²) in [6, 6.07) is 1.51. The van der Waals surface area contributed by atoms with Crippen LogP contribution in [0.5, 0.6) is 0 Å². The van der Waals surface area contributed by atoms with Crippen LogP contribution < -0.4 is 5.32 Å². The summed E-state index contributed by atoms with van der Waals surface area (Å²) in [7, 11) is 0. The number of rotatable bonds is 0. The molecule has 0 aromatic heterocycles. The second kappa shape index (κ2) is 3.73. The third-order valence-corrected chi connectivity index (χ3v) is 4.72. The average molecular weight is 223 g/mol. The molecule has 1 nitrogen and oxygen atoms in total. The van der Waals surface area contributed by atoms with Gasteiger partial charge in [-0.2, -0.15) is 0 Å². The Morgan fingerprint density at radius 1 is 0.875 bits per heavy atom. The van der Waals surface area contributed by atoms with Crippen LogP contribution in [0.25, 0.3) is 0 Å². The van der Waals surface area contributed by atoms with Crippen molar-refractivity contribution in [3.63, 3.8) is 0 Å². The van der Waals surface area contributed by atoms with Gasteiger partial charge in [0, 0.05) is 12.1 Å². The van der Waals surface area contributed by atoms with Crippen molar-refractivity contribution in [1.82, 2.24) is 5.32 Å². The Bertz CT molecular complexity index is 256. The quantitative estimate of drug-likeness (QED) is 0.658. The third-order valence-electron chi connectivity index (χ3n) is 4.72. The molecule has 16 heavy (non-hydrogen) atoms. The fourth-order valence-corrected chi connectivity index (χ4v) is 4.14. The van der Waals surface area contributed by atoms with Crippen LogP contribution in [-0.4, -0.2) is 12.1 Å². The smallest absolute Gasteiger partial charge is 0.0155 e. The number of fused-ring (bicyclic) bond motifs is 1. The predicted octanol–water partition coefficient (Wildman–Crippen LogP) is 3.84. The van der Waals surface area contributed by atoms with E-state index in [1.807, 2.05) is 0 Å². The number of nitrogens with one attached hydrogen (secondary N) is 1. The van der Waals surface area contributed by atoms with E-state index in [1.165, 1.54) is 19.3 Å². The third kappa shape index (κ3) is 2.03. The highest BCUT2D eigenvalue weighted by Gasteiger charge is 2.52. The first-order chi connectivity index (χ1) is 7.21. The summed E-state index contributed by atoms with van der Waals surface area (Å²) in [6.07, 6.45) is 4.29. The molecule has 0 radical (unpaired) electrons. The monoisotopic (exact) mass is 223 g/mol. The first kappa shape index (κ1) is 12.4. The van der Waals surface area contributed by atoms with Gasteiger partial charge < -0.3 is 5.32 Å². The van der Waals surface area contributed by atoms with Gasteiger partial charge in [0.2, 0.25) is 0 Å². The Morgan fingerprint density at radius 3 is 2.00 bits per heavy atom. The molecular formula is C15H29N. The molecule has 0 spiro atoms. The molecule has 1 saturated heterocycles. The summed E-state index contributed by atoms with van der Waals surface area (Å²) in [5.74, 6) is 1.78. The molecule has 1 aliphatic carbocycles. The average Bonchev–Trinajstić information content (AvgIpc) is 2.53. The van der Waals surface area contributed by atoms with Crippen molar-refractivity contribution in [2.75, 3.05) is 0 Å². The fraction of sp³-hybridized carbons (Fsp3) is 1.00. The second-order valence-electron chi connectivity index (χ2n) is 8.10. The second-order valence-corrected chi connectivity index (χ2v) is 8.10. The van der Waals surface area contributed by atoms with Gasteiger partial charge in [0.1, 0.15) is 0 Å². The number of hydrogen-bond acceptors (Lipinski definition) is 1. The Labute approximate surface area is 101 Å². The molecule has 1 heterocycles. The SMILES string of the molecule is CC(C)(C)C1NC2CCCC2C1C(C)(C)C. The maximum absolute atomic E-state index is 3.95. The summed E-state index contributed by atoms with van der Waals surface area (Å²) >= 11 is 0. The summed E-state index contributed by atoms with van der Waals surface area (Å²) in [4.78, 5) is 0. The molecule has 1 heteroatoms. The lowest BCUT2D eigenvalue weighted by molar-refractivity contribution is 0.109. The van der Waals surface area contributed by atoms with Crippen molar-refractivity contribution in [1.29, 1.82) is 0 Å². The largest absolute Gasteiger partial charge is 0.310 e. The van der Waals surface area contributed by atoms with Gasteiger partial charge >= 0.3 is 0 Å². The highest BCUT2D eigenvalue weighted by Crippen LogP contribution is 2.51. The first-order valence-electron chi connectivity index (χ1n) is 6.97. The van der Waals surface area contributed by atoms with Crippen LogP contribution in [0.15, 0.2) is 0 Å². The van der Waals surface area contributed by atoms with E-state index in [0.29, 0.717) is 16.9 Å². The molecule has 2 fully saturated rings. The van der Waals surface area contributed by atoms with Gasteiger partial charge in [-0.3, -0.25) is 0 Å². The van der Waals surface area contributed by atoms with Crippen LogP contribution >= 0.6 is 0 Å². The van der Waals surface area contributed by atoms with E-state index in [2.05, 4.69) is 46.9 Å². The Morgan fingerprint density at radius 2 is 1.50 bits per heavy atom. The van der Waals surface area contributed by atoms with Crippen molar-refractivity contribution in [2.45, 2.75) is 72.9 Å².